The molecule has 2 N–H and O–H groups in total. The minimum atomic E-state index is -4.29. The lowest BCUT2D eigenvalue weighted by molar-refractivity contribution is -0.138. The minimum Gasteiger partial charge on any atom is -0.324 e. The zero-order valence-corrected chi connectivity index (χ0v) is 7.81. The van der Waals surface area contributed by atoms with Gasteiger partial charge in [0, 0.05) is 18.4 Å². The van der Waals surface area contributed by atoms with E-state index in [-0.39, 0.29) is 10.6 Å². The summed E-state index contributed by atoms with van der Waals surface area (Å²) in [4.78, 5) is 3.66. The Labute approximate surface area is 83.9 Å². The Kier molecular flexibility index (Phi) is 3.34. The van der Waals surface area contributed by atoms with Crippen LogP contribution in [-0.2, 0) is 0 Å². The molecule has 1 rings (SSSR count). The van der Waals surface area contributed by atoms with Crippen LogP contribution in [0.3, 0.4) is 0 Å². The lowest BCUT2D eigenvalue weighted by Gasteiger charge is -2.15. The van der Waals surface area contributed by atoms with E-state index in [1.54, 1.807) is 0 Å². The second-order valence-corrected chi connectivity index (χ2v) is 3.23. The topological polar surface area (TPSA) is 38.9 Å². The van der Waals surface area contributed by atoms with Crippen molar-refractivity contribution in [1.82, 2.24) is 4.98 Å². The fraction of sp³-hybridized carbons (Fsp3) is 0.375. The van der Waals surface area contributed by atoms with Crippen molar-refractivity contribution in [2.75, 3.05) is 0 Å². The van der Waals surface area contributed by atoms with Crippen molar-refractivity contribution in [3.8, 4) is 0 Å². The molecule has 0 fully saturated rings. The van der Waals surface area contributed by atoms with E-state index in [2.05, 4.69) is 4.98 Å². The summed E-state index contributed by atoms with van der Waals surface area (Å²) in [5, 5.41) is 0.157. The molecule has 0 aliphatic carbocycles. The molecule has 78 valence electrons. The number of nitrogens with zero attached hydrogens (tertiary/aromatic N) is 1. The lowest BCUT2D eigenvalue weighted by atomic mass is 10.1. The molecule has 0 aliphatic heterocycles. The lowest BCUT2D eigenvalue weighted by Crippen LogP contribution is -2.20. The Morgan fingerprint density at radius 2 is 2.14 bits per heavy atom. The Hall–Kier alpha value is -0.810. The molecule has 1 atom stereocenters. The third kappa shape index (κ3) is 3.16. The summed E-state index contributed by atoms with van der Waals surface area (Å²) in [5.41, 5.74) is 5.61. The maximum Gasteiger partial charge on any atom is 0.390 e. The number of halogens is 4. The van der Waals surface area contributed by atoms with Crippen LogP contribution in [0.2, 0.25) is 5.02 Å². The molecule has 0 bridgehead atoms. The van der Waals surface area contributed by atoms with Crippen molar-refractivity contribution in [3.63, 3.8) is 0 Å². The number of pyridine rings is 1. The first-order chi connectivity index (χ1) is 6.40. The van der Waals surface area contributed by atoms with E-state index in [0.29, 0.717) is 0 Å². The third-order valence-corrected chi connectivity index (χ3v) is 1.97. The molecule has 14 heavy (non-hydrogen) atoms. The maximum atomic E-state index is 12.0. The third-order valence-electron chi connectivity index (χ3n) is 1.65. The van der Waals surface area contributed by atoms with Crippen LogP contribution in [0.25, 0.3) is 0 Å². The maximum absolute atomic E-state index is 12.0. The Balaban J connectivity index is 2.80. The second-order valence-electron chi connectivity index (χ2n) is 2.82. The molecule has 0 amide bonds. The molecule has 0 saturated heterocycles. The largest absolute Gasteiger partial charge is 0.390 e. The number of alkyl halides is 3. The number of hydrogen-bond donors (Lipinski definition) is 1. The van der Waals surface area contributed by atoms with Gasteiger partial charge in [0.2, 0.25) is 0 Å². The Morgan fingerprint density at radius 3 is 2.64 bits per heavy atom. The Morgan fingerprint density at radius 1 is 1.50 bits per heavy atom. The molecule has 2 nitrogen and oxygen atoms in total. The average molecular weight is 225 g/mol. The van der Waals surface area contributed by atoms with Gasteiger partial charge in [0.15, 0.2) is 0 Å². The summed E-state index contributed by atoms with van der Waals surface area (Å²) >= 11 is 5.64. The van der Waals surface area contributed by atoms with Crippen LogP contribution in [0.1, 0.15) is 18.0 Å². The quantitative estimate of drug-likeness (QED) is 0.839. The number of hydrogen-bond acceptors (Lipinski definition) is 2. The van der Waals surface area contributed by atoms with Gasteiger partial charge in [-0.15, -0.1) is 0 Å². The van der Waals surface area contributed by atoms with Gasteiger partial charge in [0.05, 0.1) is 11.4 Å². The van der Waals surface area contributed by atoms with E-state index in [1.807, 2.05) is 0 Å². The van der Waals surface area contributed by atoms with Gasteiger partial charge in [-0.2, -0.15) is 13.2 Å². The first-order valence-corrected chi connectivity index (χ1v) is 4.19. The van der Waals surface area contributed by atoms with Crippen LogP contribution < -0.4 is 5.73 Å². The molecule has 1 aromatic heterocycles. The average Bonchev–Trinajstić information content (AvgIpc) is 2.01. The van der Waals surface area contributed by atoms with Crippen LogP contribution in [0.4, 0.5) is 13.2 Å². The minimum absolute atomic E-state index is 0.157. The summed E-state index contributed by atoms with van der Waals surface area (Å²) in [6.07, 6.45) is -2.74. The molecule has 6 heteroatoms. The van der Waals surface area contributed by atoms with Crippen molar-refractivity contribution in [1.29, 1.82) is 0 Å². The summed E-state index contributed by atoms with van der Waals surface area (Å²) in [7, 11) is 0. The standard InChI is InChI=1S/C8H8ClF3N2/c9-6-4-14-2-1-5(6)7(13)3-8(10,11)12/h1-2,4,7H,3,13H2. The van der Waals surface area contributed by atoms with Crippen molar-refractivity contribution in [2.45, 2.75) is 18.6 Å². The van der Waals surface area contributed by atoms with Crippen LogP contribution in [0, 0.1) is 0 Å². The highest BCUT2D eigenvalue weighted by molar-refractivity contribution is 6.31. The zero-order chi connectivity index (χ0) is 10.8. The number of rotatable bonds is 2. The van der Waals surface area contributed by atoms with E-state index in [0.717, 1.165) is 0 Å². The van der Waals surface area contributed by atoms with Gasteiger partial charge in [-0.3, -0.25) is 4.98 Å². The van der Waals surface area contributed by atoms with Gasteiger partial charge in [-0.1, -0.05) is 11.6 Å². The number of aromatic nitrogens is 1. The van der Waals surface area contributed by atoms with Crippen LogP contribution >= 0.6 is 11.6 Å². The highest BCUT2D eigenvalue weighted by Gasteiger charge is 2.31. The molecule has 1 aromatic rings. The fourth-order valence-corrected chi connectivity index (χ4v) is 1.31. The van der Waals surface area contributed by atoms with Gasteiger partial charge >= 0.3 is 6.18 Å². The van der Waals surface area contributed by atoms with Gasteiger partial charge in [0.1, 0.15) is 0 Å². The summed E-state index contributed by atoms with van der Waals surface area (Å²) in [5.74, 6) is 0. The summed E-state index contributed by atoms with van der Waals surface area (Å²) in [6, 6.07) is 0.254. The molecule has 0 aliphatic rings. The van der Waals surface area contributed by atoms with E-state index >= 15 is 0 Å². The van der Waals surface area contributed by atoms with E-state index in [4.69, 9.17) is 17.3 Å². The fourth-order valence-electron chi connectivity index (χ4n) is 1.05. The molecule has 0 saturated carbocycles. The number of nitrogens with two attached hydrogens (primary N) is 1. The van der Waals surface area contributed by atoms with Crippen LogP contribution in [-0.4, -0.2) is 11.2 Å². The van der Waals surface area contributed by atoms with Gasteiger partial charge in [0.25, 0.3) is 0 Å². The van der Waals surface area contributed by atoms with Crippen LogP contribution in [0.15, 0.2) is 18.5 Å². The SMILES string of the molecule is NC(CC(F)(F)F)c1ccncc1Cl. The van der Waals surface area contributed by atoms with Crippen molar-refractivity contribution < 1.29 is 13.2 Å². The van der Waals surface area contributed by atoms with Crippen molar-refractivity contribution in [2.24, 2.45) is 5.73 Å². The molecule has 0 radical (unpaired) electrons. The first kappa shape index (κ1) is 11.3. The highest BCUT2D eigenvalue weighted by atomic mass is 35.5. The molecule has 0 spiro atoms. The smallest absolute Gasteiger partial charge is 0.324 e. The Bertz CT molecular complexity index is 314. The van der Waals surface area contributed by atoms with Crippen LogP contribution in [0.5, 0.6) is 0 Å². The normalized spacial score (nSPS) is 14.1. The van der Waals surface area contributed by atoms with Gasteiger partial charge in [-0.25, -0.2) is 0 Å². The second kappa shape index (κ2) is 4.14. The zero-order valence-electron chi connectivity index (χ0n) is 7.05. The summed E-state index contributed by atoms with van der Waals surface area (Å²) in [6.45, 7) is 0. The van der Waals surface area contributed by atoms with E-state index in [9.17, 15) is 13.2 Å². The molecule has 1 unspecified atom stereocenters. The highest BCUT2D eigenvalue weighted by Crippen LogP contribution is 2.30. The monoisotopic (exact) mass is 224 g/mol. The molecular formula is C8H8ClF3N2. The van der Waals surface area contributed by atoms with E-state index < -0.39 is 18.6 Å². The summed E-state index contributed by atoms with van der Waals surface area (Å²) < 4.78 is 36.0. The van der Waals surface area contributed by atoms with E-state index in [1.165, 1.54) is 18.5 Å². The van der Waals surface area contributed by atoms with Crippen molar-refractivity contribution >= 4 is 11.6 Å². The van der Waals surface area contributed by atoms with Gasteiger partial charge in [-0.05, 0) is 11.6 Å². The molecule has 0 aromatic carbocycles. The molecular weight excluding hydrogens is 217 g/mol. The molecule has 1 heterocycles. The first-order valence-electron chi connectivity index (χ1n) is 3.82. The van der Waals surface area contributed by atoms with Crippen molar-refractivity contribution in [3.05, 3.63) is 29.0 Å². The van der Waals surface area contributed by atoms with Gasteiger partial charge < -0.3 is 5.73 Å². The predicted molar refractivity (Wildman–Crippen MR) is 46.8 cm³/mol. The predicted octanol–water partition coefficient (Wildman–Crippen LogP) is 2.69.